The van der Waals surface area contributed by atoms with Crippen LogP contribution >= 0.6 is 23.1 Å². The zero-order valence-electron chi connectivity index (χ0n) is 15.9. The van der Waals surface area contributed by atoms with Gasteiger partial charge in [-0.05, 0) is 66.4 Å². The largest absolute Gasteiger partial charge is 0.497 e. The topological polar surface area (TPSA) is 60.2 Å². The van der Waals surface area contributed by atoms with Gasteiger partial charge in [0.15, 0.2) is 5.16 Å². The Labute approximate surface area is 172 Å². The van der Waals surface area contributed by atoms with E-state index in [1.54, 1.807) is 18.4 Å². The molecule has 146 valence electrons. The molecule has 3 aromatic rings. The summed E-state index contributed by atoms with van der Waals surface area (Å²) in [5.41, 5.74) is 2.16. The van der Waals surface area contributed by atoms with Gasteiger partial charge in [0.25, 0.3) is 0 Å². The Balaban J connectivity index is 1.46. The number of methoxy groups -OCH3 is 1. The molecule has 28 heavy (non-hydrogen) atoms. The summed E-state index contributed by atoms with van der Waals surface area (Å²) < 4.78 is 7.20. The highest BCUT2D eigenvalue weighted by Crippen LogP contribution is 2.30. The Bertz CT molecular complexity index is 934. The van der Waals surface area contributed by atoms with E-state index in [-0.39, 0.29) is 5.91 Å². The first-order chi connectivity index (χ1) is 13.7. The molecule has 2 aromatic heterocycles. The summed E-state index contributed by atoms with van der Waals surface area (Å²) in [6.07, 6.45) is 2.20. The number of thioether (sulfide) groups is 1. The molecule has 1 aromatic carbocycles. The van der Waals surface area contributed by atoms with Gasteiger partial charge in [0, 0.05) is 18.3 Å². The summed E-state index contributed by atoms with van der Waals surface area (Å²) in [4.78, 5) is 14.9. The van der Waals surface area contributed by atoms with Gasteiger partial charge in [-0.25, -0.2) is 0 Å². The van der Waals surface area contributed by atoms with E-state index in [9.17, 15) is 4.79 Å². The average Bonchev–Trinajstić information content (AvgIpc) is 3.29. The molecule has 1 aliphatic carbocycles. The van der Waals surface area contributed by atoms with E-state index in [0.717, 1.165) is 35.3 Å². The van der Waals surface area contributed by atoms with Gasteiger partial charge in [0.1, 0.15) is 11.6 Å². The maximum Gasteiger partial charge on any atom is 0.233 e. The smallest absolute Gasteiger partial charge is 0.233 e. The van der Waals surface area contributed by atoms with Crippen molar-refractivity contribution in [2.24, 2.45) is 0 Å². The number of thiophene rings is 1. The van der Waals surface area contributed by atoms with Crippen LogP contribution in [0.3, 0.4) is 0 Å². The van der Waals surface area contributed by atoms with Crippen LogP contribution in [0.5, 0.6) is 5.75 Å². The molecule has 4 rings (SSSR count). The lowest BCUT2D eigenvalue weighted by Crippen LogP contribution is -2.33. The quantitative estimate of drug-likeness (QED) is 0.523. The number of aryl methyl sites for hydroxylation is 1. The van der Waals surface area contributed by atoms with E-state index in [2.05, 4.69) is 27.0 Å². The highest BCUT2D eigenvalue weighted by molar-refractivity contribution is 7.99. The van der Waals surface area contributed by atoms with Crippen LogP contribution in [0, 0.1) is 6.92 Å². The van der Waals surface area contributed by atoms with Crippen molar-refractivity contribution in [1.82, 2.24) is 19.7 Å². The highest BCUT2D eigenvalue weighted by atomic mass is 32.2. The predicted molar refractivity (Wildman–Crippen MR) is 111 cm³/mol. The minimum absolute atomic E-state index is 0.153. The van der Waals surface area contributed by atoms with Gasteiger partial charge in [-0.15, -0.1) is 10.2 Å². The van der Waals surface area contributed by atoms with E-state index >= 15 is 0 Å². The van der Waals surface area contributed by atoms with Gasteiger partial charge < -0.3 is 9.64 Å². The maximum absolute atomic E-state index is 12.9. The van der Waals surface area contributed by atoms with Crippen LogP contribution in [0.4, 0.5) is 0 Å². The Kier molecular flexibility index (Phi) is 5.68. The van der Waals surface area contributed by atoms with Crippen LogP contribution in [-0.2, 0) is 11.3 Å². The van der Waals surface area contributed by atoms with Gasteiger partial charge in [-0.2, -0.15) is 11.3 Å². The highest BCUT2D eigenvalue weighted by Gasteiger charge is 2.32. The van der Waals surface area contributed by atoms with E-state index in [0.29, 0.717) is 18.3 Å². The number of ether oxygens (including phenoxy) is 1. The van der Waals surface area contributed by atoms with Crippen molar-refractivity contribution in [3.63, 3.8) is 0 Å². The molecule has 0 spiro atoms. The molecule has 0 atom stereocenters. The number of rotatable bonds is 8. The number of nitrogens with zero attached hydrogens (tertiary/aromatic N) is 4. The number of benzene rings is 1. The summed E-state index contributed by atoms with van der Waals surface area (Å²) in [6.45, 7) is 2.61. The molecule has 1 aliphatic rings. The summed E-state index contributed by atoms with van der Waals surface area (Å²) in [6, 6.07) is 10.2. The molecular formula is C20H22N4O2S2. The molecule has 0 radical (unpaired) electrons. The lowest BCUT2D eigenvalue weighted by atomic mass is 10.3. The van der Waals surface area contributed by atoms with Crippen LogP contribution in [0.25, 0.3) is 5.69 Å². The van der Waals surface area contributed by atoms with Crippen molar-refractivity contribution in [1.29, 1.82) is 0 Å². The fraction of sp³-hybridized carbons (Fsp3) is 0.350. The fourth-order valence-corrected chi connectivity index (χ4v) is 4.60. The van der Waals surface area contributed by atoms with E-state index in [1.807, 2.05) is 40.7 Å². The van der Waals surface area contributed by atoms with Crippen molar-refractivity contribution < 1.29 is 9.53 Å². The Morgan fingerprint density at radius 3 is 2.71 bits per heavy atom. The van der Waals surface area contributed by atoms with Gasteiger partial charge in [-0.3, -0.25) is 9.36 Å². The van der Waals surface area contributed by atoms with Gasteiger partial charge >= 0.3 is 0 Å². The molecule has 1 amide bonds. The molecule has 0 aliphatic heterocycles. The lowest BCUT2D eigenvalue weighted by molar-refractivity contribution is -0.129. The Morgan fingerprint density at radius 1 is 1.29 bits per heavy atom. The van der Waals surface area contributed by atoms with Crippen molar-refractivity contribution in [2.75, 3.05) is 12.9 Å². The Morgan fingerprint density at radius 2 is 2.07 bits per heavy atom. The van der Waals surface area contributed by atoms with E-state index in [4.69, 9.17) is 4.74 Å². The van der Waals surface area contributed by atoms with Crippen LogP contribution in [0.15, 0.2) is 46.2 Å². The van der Waals surface area contributed by atoms with Crippen molar-refractivity contribution in [3.8, 4) is 11.4 Å². The zero-order chi connectivity index (χ0) is 19.5. The van der Waals surface area contributed by atoms with Gasteiger partial charge in [-0.1, -0.05) is 11.8 Å². The van der Waals surface area contributed by atoms with E-state index < -0.39 is 0 Å². The third-order valence-electron chi connectivity index (χ3n) is 4.69. The van der Waals surface area contributed by atoms with Gasteiger partial charge in [0.2, 0.25) is 5.91 Å². The van der Waals surface area contributed by atoms with Crippen molar-refractivity contribution in [3.05, 3.63) is 52.5 Å². The first-order valence-corrected chi connectivity index (χ1v) is 11.1. The standard InChI is InChI=1S/C20H22N4O2S2/c1-14-21-22-20(24(14)17-5-7-18(26-2)8-6-17)28-13-19(25)23(16-3-4-16)11-15-9-10-27-12-15/h5-10,12,16H,3-4,11,13H2,1-2H3. The second-order valence-electron chi connectivity index (χ2n) is 6.74. The maximum atomic E-state index is 12.9. The summed E-state index contributed by atoms with van der Waals surface area (Å²) in [5.74, 6) is 2.10. The zero-order valence-corrected chi connectivity index (χ0v) is 17.5. The summed E-state index contributed by atoms with van der Waals surface area (Å²) in [5, 5.41) is 13.4. The Hall–Kier alpha value is -2.32. The van der Waals surface area contributed by atoms with Crippen LogP contribution in [-0.4, -0.2) is 44.5 Å². The minimum atomic E-state index is 0.153. The minimum Gasteiger partial charge on any atom is -0.497 e. The normalized spacial score (nSPS) is 13.5. The molecule has 2 heterocycles. The molecule has 0 bridgehead atoms. The molecule has 0 unspecified atom stereocenters. The number of carbonyl (C=O) groups excluding carboxylic acids is 1. The molecular weight excluding hydrogens is 392 g/mol. The van der Waals surface area contributed by atoms with Crippen molar-refractivity contribution >= 4 is 29.0 Å². The molecule has 8 heteroatoms. The van der Waals surface area contributed by atoms with Gasteiger partial charge in [0.05, 0.1) is 12.9 Å². The van der Waals surface area contributed by atoms with Crippen LogP contribution < -0.4 is 4.74 Å². The lowest BCUT2D eigenvalue weighted by Gasteiger charge is -2.21. The third kappa shape index (κ3) is 4.23. The molecule has 1 fully saturated rings. The monoisotopic (exact) mass is 414 g/mol. The van der Waals surface area contributed by atoms with E-state index in [1.165, 1.54) is 17.3 Å². The number of hydrogen-bond acceptors (Lipinski definition) is 6. The number of hydrogen-bond donors (Lipinski definition) is 0. The number of aromatic nitrogens is 3. The second kappa shape index (κ2) is 8.36. The molecule has 0 saturated heterocycles. The SMILES string of the molecule is COc1ccc(-n2c(C)nnc2SCC(=O)N(Cc2ccsc2)C2CC2)cc1. The predicted octanol–water partition coefficient (Wildman–Crippen LogP) is 3.93. The number of amides is 1. The molecule has 1 saturated carbocycles. The van der Waals surface area contributed by atoms with Crippen LogP contribution in [0.2, 0.25) is 0 Å². The molecule has 0 N–H and O–H groups in total. The first kappa shape index (κ1) is 19.0. The third-order valence-corrected chi connectivity index (χ3v) is 6.34. The molecule has 6 nitrogen and oxygen atoms in total. The van der Waals surface area contributed by atoms with Crippen LogP contribution in [0.1, 0.15) is 24.2 Å². The fourth-order valence-electron chi connectivity index (χ4n) is 3.06. The second-order valence-corrected chi connectivity index (χ2v) is 8.46. The summed E-state index contributed by atoms with van der Waals surface area (Å²) in [7, 11) is 1.65. The van der Waals surface area contributed by atoms with Crippen molar-refractivity contribution in [2.45, 2.75) is 37.5 Å². The first-order valence-electron chi connectivity index (χ1n) is 9.15. The number of carbonyl (C=O) groups is 1. The average molecular weight is 415 g/mol. The summed E-state index contributed by atoms with van der Waals surface area (Å²) >= 11 is 3.10.